The van der Waals surface area contributed by atoms with Gasteiger partial charge in [0.15, 0.2) is 0 Å². The van der Waals surface area contributed by atoms with Crippen LogP contribution in [0, 0.1) is 0 Å². The summed E-state index contributed by atoms with van der Waals surface area (Å²) >= 11 is 3.50. The number of nitrogens with zero attached hydrogens (tertiary/aromatic N) is 2. The fraction of sp³-hybridized carbons (Fsp3) is 0.533. The molecule has 1 fully saturated rings. The van der Waals surface area contributed by atoms with Crippen molar-refractivity contribution >= 4 is 21.8 Å². The Morgan fingerprint density at radius 1 is 1.21 bits per heavy atom. The topological polar surface area (TPSA) is 23.6 Å². The van der Waals surface area contributed by atoms with Crippen LogP contribution in [-0.4, -0.2) is 48.4 Å². The number of carbonyl (C=O) groups is 1. The third-order valence-electron chi connectivity index (χ3n) is 3.56. The number of carbonyl (C=O) groups excluding carboxylic acids is 1. The van der Waals surface area contributed by atoms with Crippen molar-refractivity contribution in [2.75, 3.05) is 32.7 Å². The van der Waals surface area contributed by atoms with Crippen LogP contribution in [0.15, 0.2) is 28.7 Å². The van der Waals surface area contributed by atoms with Gasteiger partial charge in [-0.15, -0.1) is 0 Å². The molecule has 1 aromatic rings. The molecule has 0 unspecified atom stereocenters. The van der Waals surface area contributed by atoms with Gasteiger partial charge in [0.1, 0.15) is 0 Å². The molecule has 1 amide bonds. The van der Waals surface area contributed by atoms with E-state index < -0.39 is 0 Å². The van der Waals surface area contributed by atoms with Gasteiger partial charge in [0.2, 0.25) is 5.91 Å². The first kappa shape index (κ1) is 14.5. The Kier molecular flexibility index (Phi) is 5.40. The molecule has 1 aliphatic heterocycles. The van der Waals surface area contributed by atoms with Crippen molar-refractivity contribution in [3.05, 3.63) is 34.3 Å². The zero-order valence-electron chi connectivity index (χ0n) is 11.4. The number of hydrogen-bond acceptors (Lipinski definition) is 2. The Hall–Kier alpha value is -0.870. The van der Waals surface area contributed by atoms with Crippen LogP contribution in [0.3, 0.4) is 0 Å². The molecule has 19 heavy (non-hydrogen) atoms. The molecule has 0 aromatic heterocycles. The maximum Gasteiger partial charge on any atom is 0.227 e. The van der Waals surface area contributed by atoms with E-state index in [4.69, 9.17) is 0 Å². The van der Waals surface area contributed by atoms with Crippen molar-refractivity contribution in [1.82, 2.24) is 9.80 Å². The number of hydrogen-bond donors (Lipinski definition) is 0. The molecule has 1 aromatic carbocycles. The van der Waals surface area contributed by atoms with Crippen molar-refractivity contribution in [2.24, 2.45) is 0 Å². The summed E-state index contributed by atoms with van der Waals surface area (Å²) in [5, 5.41) is 0. The second-order valence-corrected chi connectivity index (χ2v) is 5.84. The molecule has 0 atom stereocenters. The molecule has 0 N–H and O–H groups in total. The molecular formula is C15H21BrN2O. The second-order valence-electron chi connectivity index (χ2n) is 4.99. The molecule has 104 valence electrons. The van der Waals surface area contributed by atoms with Gasteiger partial charge in [-0.05, 0) is 24.6 Å². The third kappa shape index (κ3) is 4.05. The Balaban J connectivity index is 1.87. The van der Waals surface area contributed by atoms with Crippen molar-refractivity contribution in [3.63, 3.8) is 0 Å². The third-order valence-corrected chi connectivity index (χ3v) is 4.34. The molecular weight excluding hydrogens is 304 g/mol. The van der Waals surface area contributed by atoms with Crippen LogP contribution >= 0.6 is 15.9 Å². The summed E-state index contributed by atoms with van der Waals surface area (Å²) in [6, 6.07) is 7.95. The lowest BCUT2D eigenvalue weighted by molar-refractivity contribution is -0.132. The fourth-order valence-electron chi connectivity index (χ4n) is 2.45. The zero-order valence-corrected chi connectivity index (χ0v) is 13.0. The second kappa shape index (κ2) is 7.06. The summed E-state index contributed by atoms with van der Waals surface area (Å²) in [5.74, 6) is 0.239. The number of amides is 1. The van der Waals surface area contributed by atoms with E-state index in [9.17, 15) is 4.79 Å². The highest BCUT2D eigenvalue weighted by atomic mass is 79.9. The van der Waals surface area contributed by atoms with E-state index in [1.807, 2.05) is 29.2 Å². The van der Waals surface area contributed by atoms with E-state index in [-0.39, 0.29) is 5.91 Å². The molecule has 0 saturated carbocycles. The number of piperazine rings is 1. The Labute approximate surface area is 123 Å². The largest absolute Gasteiger partial charge is 0.340 e. The monoisotopic (exact) mass is 324 g/mol. The molecule has 1 aliphatic rings. The van der Waals surface area contributed by atoms with E-state index in [1.54, 1.807) is 0 Å². The predicted octanol–water partition coefficient (Wildman–Crippen LogP) is 2.55. The maximum atomic E-state index is 12.3. The summed E-state index contributed by atoms with van der Waals surface area (Å²) < 4.78 is 1.02. The molecule has 4 heteroatoms. The standard InChI is InChI=1S/C15H21BrN2O/c1-2-7-17-8-10-18(11-9-17)15(19)12-13-5-3-4-6-14(13)16/h3-6H,2,7-12H2,1H3. The normalized spacial score (nSPS) is 16.6. The molecule has 1 heterocycles. The summed E-state index contributed by atoms with van der Waals surface area (Å²) in [4.78, 5) is 16.7. The minimum absolute atomic E-state index is 0.239. The number of benzene rings is 1. The Morgan fingerprint density at radius 2 is 1.89 bits per heavy atom. The Morgan fingerprint density at radius 3 is 2.53 bits per heavy atom. The highest BCUT2D eigenvalue weighted by Crippen LogP contribution is 2.17. The quantitative estimate of drug-likeness (QED) is 0.849. The van der Waals surface area contributed by atoms with E-state index in [2.05, 4.69) is 27.8 Å². The highest BCUT2D eigenvalue weighted by Gasteiger charge is 2.20. The first-order chi connectivity index (χ1) is 9.20. The van der Waals surface area contributed by atoms with Crippen LogP contribution in [-0.2, 0) is 11.2 Å². The number of rotatable bonds is 4. The summed E-state index contributed by atoms with van der Waals surface area (Å²) in [7, 11) is 0. The van der Waals surface area contributed by atoms with Crippen LogP contribution in [0.2, 0.25) is 0 Å². The van der Waals surface area contributed by atoms with Gasteiger partial charge in [-0.2, -0.15) is 0 Å². The van der Waals surface area contributed by atoms with Crippen molar-refractivity contribution in [3.8, 4) is 0 Å². The lowest BCUT2D eigenvalue weighted by Gasteiger charge is -2.34. The minimum Gasteiger partial charge on any atom is -0.340 e. The smallest absolute Gasteiger partial charge is 0.227 e. The molecule has 0 bridgehead atoms. The average Bonchev–Trinajstić information content (AvgIpc) is 2.42. The van der Waals surface area contributed by atoms with Crippen LogP contribution in [0.4, 0.5) is 0 Å². The number of halogens is 1. The van der Waals surface area contributed by atoms with Gasteiger partial charge >= 0.3 is 0 Å². The Bertz CT molecular complexity index is 428. The molecule has 1 saturated heterocycles. The predicted molar refractivity (Wildman–Crippen MR) is 81.2 cm³/mol. The van der Waals surface area contributed by atoms with Crippen molar-refractivity contribution < 1.29 is 4.79 Å². The van der Waals surface area contributed by atoms with E-state index >= 15 is 0 Å². The first-order valence-electron chi connectivity index (χ1n) is 6.94. The van der Waals surface area contributed by atoms with Crippen LogP contribution in [0.1, 0.15) is 18.9 Å². The van der Waals surface area contributed by atoms with Gasteiger partial charge in [-0.1, -0.05) is 41.1 Å². The molecule has 0 aliphatic carbocycles. The zero-order chi connectivity index (χ0) is 13.7. The fourth-order valence-corrected chi connectivity index (χ4v) is 2.88. The van der Waals surface area contributed by atoms with Crippen LogP contribution in [0.25, 0.3) is 0 Å². The van der Waals surface area contributed by atoms with Gasteiger partial charge in [-0.3, -0.25) is 9.69 Å². The average molecular weight is 325 g/mol. The van der Waals surface area contributed by atoms with E-state index in [0.717, 1.165) is 42.8 Å². The van der Waals surface area contributed by atoms with Gasteiger partial charge in [0, 0.05) is 30.7 Å². The molecule has 2 rings (SSSR count). The van der Waals surface area contributed by atoms with Crippen LogP contribution < -0.4 is 0 Å². The summed E-state index contributed by atoms with van der Waals surface area (Å²) in [6.07, 6.45) is 1.68. The SMILES string of the molecule is CCCN1CCN(C(=O)Cc2ccccc2Br)CC1. The van der Waals surface area contributed by atoms with Gasteiger partial charge < -0.3 is 4.90 Å². The van der Waals surface area contributed by atoms with Gasteiger partial charge in [0.25, 0.3) is 0 Å². The van der Waals surface area contributed by atoms with Crippen molar-refractivity contribution in [2.45, 2.75) is 19.8 Å². The lowest BCUT2D eigenvalue weighted by Crippen LogP contribution is -2.49. The van der Waals surface area contributed by atoms with Crippen LogP contribution in [0.5, 0.6) is 0 Å². The summed E-state index contributed by atoms with van der Waals surface area (Å²) in [6.45, 7) is 7.09. The molecule has 0 spiro atoms. The minimum atomic E-state index is 0.239. The van der Waals surface area contributed by atoms with Gasteiger partial charge in [0.05, 0.1) is 6.42 Å². The van der Waals surface area contributed by atoms with Crippen molar-refractivity contribution in [1.29, 1.82) is 0 Å². The lowest BCUT2D eigenvalue weighted by atomic mass is 10.1. The maximum absolute atomic E-state index is 12.3. The highest BCUT2D eigenvalue weighted by molar-refractivity contribution is 9.10. The molecule has 3 nitrogen and oxygen atoms in total. The van der Waals surface area contributed by atoms with E-state index in [0.29, 0.717) is 6.42 Å². The first-order valence-corrected chi connectivity index (χ1v) is 7.73. The molecule has 0 radical (unpaired) electrons. The summed E-state index contributed by atoms with van der Waals surface area (Å²) in [5.41, 5.74) is 1.07. The van der Waals surface area contributed by atoms with Gasteiger partial charge in [-0.25, -0.2) is 0 Å². The van der Waals surface area contributed by atoms with E-state index in [1.165, 1.54) is 6.42 Å².